The van der Waals surface area contributed by atoms with Gasteiger partial charge in [-0.2, -0.15) is 0 Å². The third-order valence-electron chi connectivity index (χ3n) is 5.62. The van der Waals surface area contributed by atoms with Crippen molar-refractivity contribution in [3.05, 3.63) is 52.5 Å². The molecule has 4 rings (SSSR count). The number of benzene rings is 2. The summed E-state index contributed by atoms with van der Waals surface area (Å²) in [5.41, 5.74) is 0.969. The van der Waals surface area contributed by atoms with Gasteiger partial charge in [0.05, 0.1) is 9.92 Å². The van der Waals surface area contributed by atoms with E-state index in [2.05, 4.69) is 5.32 Å². The first-order valence-electron chi connectivity index (χ1n) is 9.54. The van der Waals surface area contributed by atoms with E-state index in [1.54, 1.807) is 0 Å². The second-order valence-electron chi connectivity index (χ2n) is 7.56. The lowest BCUT2D eigenvalue weighted by Crippen LogP contribution is -2.44. The third kappa shape index (κ3) is 4.12. The Hall–Kier alpha value is -2.29. The molecule has 30 heavy (non-hydrogen) atoms. The van der Waals surface area contributed by atoms with Crippen molar-refractivity contribution in [2.45, 2.75) is 23.2 Å². The molecule has 7 nitrogen and oxygen atoms in total. The fourth-order valence-corrected chi connectivity index (χ4v) is 5.14. The average molecular weight is 452 g/mol. The smallest absolute Gasteiger partial charge is 0.251 e. The second-order valence-corrected chi connectivity index (χ2v) is 9.95. The van der Waals surface area contributed by atoms with E-state index in [9.17, 15) is 13.2 Å². The molecule has 2 aromatic rings. The van der Waals surface area contributed by atoms with Gasteiger partial charge in [0.1, 0.15) is 0 Å². The fourth-order valence-electron chi connectivity index (χ4n) is 3.84. The first-order chi connectivity index (χ1) is 14.3. The van der Waals surface area contributed by atoms with Gasteiger partial charge in [-0.1, -0.05) is 17.7 Å². The van der Waals surface area contributed by atoms with Crippen LogP contribution in [0.3, 0.4) is 0 Å². The van der Waals surface area contributed by atoms with Gasteiger partial charge < -0.3 is 19.5 Å². The molecule has 0 radical (unpaired) electrons. The molecule has 0 aliphatic carbocycles. The predicted octanol–water partition coefficient (Wildman–Crippen LogP) is 2.95. The maximum atomic E-state index is 12.8. The van der Waals surface area contributed by atoms with Crippen molar-refractivity contribution in [3.8, 4) is 11.5 Å². The van der Waals surface area contributed by atoms with E-state index in [-0.39, 0.29) is 33.6 Å². The number of carbonyl (C=O) groups excluding carboxylic acids is 1. The second kappa shape index (κ2) is 8.09. The average Bonchev–Trinajstić information content (AvgIpc) is 3.20. The number of halogens is 1. The molecule has 1 amide bonds. The summed E-state index contributed by atoms with van der Waals surface area (Å²) in [4.78, 5) is 12.8. The topological polar surface area (TPSA) is 90.9 Å². The Morgan fingerprint density at radius 1 is 1.10 bits per heavy atom. The summed E-state index contributed by atoms with van der Waals surface area (Å²) in [6, 6.07) is 10.1. The molecule has 0 saturated carbocycles. The predicted molar refractivity (Wildman–Crippen MR) is 111 cm³/mol. The Labute approximate surface area is 180 Å². The van der Waals surface area contributed by atoms with Gasteiger partial charge in [0.25, 0.3) is 5.91 Å². The summed E-state index contributed by atoms with van der Waals surface area (Å²) in [7, 11) is -3.54. The van der Waals surface area contributed by atoms with Crippen LogP contribution in [-0.2, 0) is 20.0 Å². The zero-order chi connectivity index (χ0) is 21.4. The maximum absolute atomic E-state index is 12.8. The molecular formula is C21H22ClNO6S. The van der Waals surface area contributed by atoms with Gasteiger partial charge >= 0.3 is 0 Å². The molecule has 0 unspecified atom stereocenters. The van der Waals surface area contributed by atoms with Crippen molar-refractivity contribution in [3.63, 3.8) is 0 Å². The standard InChI is InChI=1S/C21H22ClNO6S/c1-30(25,26)19-10-14(2-4-16(19)22)20(24)23-12-21(6-8-27-9-7-21)15-3-5-17-18(11-15)29-13-28-17/h2-5,10-11H,6-9,12-13H2,1H3,(H,23,24). The molecular weight excluding hydrogens is 430 g/mol. The van der Waals surface area contributed by atoms with Gasteiger partial charge in [0.15, 0.2) is 21.3 Å². The summed E-state index contributed by atoms with van der Waals surface area (Å²) in [5.74, 6) is 1.04. The van der Waals surface area contributed by atoms with E-state index >= 15 is 0 Å². The molecule has 0 atom stereocenters. The number of hydrogen-bond donors (Lipinski definition) is 1. The summed E-state index contributed by atoms with van der Waals surface area (Å²) in [5, 5.41) is 3.06. The Kier molecular flexibility index (Phi) is 5.65. The van der Waals surface area contributed by atoms with Crippen molar-refractivity contribution in [1.29, 1.82) is 0 Å². The van der Waals surface area contributed by atoms with Crippen LogP contribution >= 0.6 is 11.6 Å². The fraction of sp³-hybridized carbons (Fsp3) is 0.381. The molecule has 2 aliphatic rings. The number of amides is 1. The number of sulfone groups is 1. The van der Waals surface area contributed by atoms with E-state index in [0.29, 0.717) is 31.3 Å². The van der Waals surface area contributed by atoms with Gasteiger partial charge in [-0.25, -0.2) is 8.42 Å². The number of hydrogen-bond acceptors (Lipinski definition) is 6. The van der Waals surface area contributed by atoms with Crippen LogP contribution in [0.5, 0.6) is 11.5 Å². The lowest BCUT2D eigenvalue weighted by molar-refractivity contribution is 0.0486. The number of rotatable bonds is 5. The molecule has 2 aliphatic heterocycles. The first-order valence-corrected chi connectivity index (χ1v) is 11.8. The normalized spacial score (nSPS) is 17.5. The van der Waals surface area contributed by atoms with Crippen LogP contribution in [-0.4, -0.2) is 47.1 Å². The van der Waals surface area contributed by atoms with E-state index < -0.39 is 9.84 Å². The third-order valence-corrected chi connectivity index (χ3v) is 7.19. The summed E-state index contributed by atoms with van der Waals surface area (Å²) >= 11 is 5.99. The molecule has 0 spiro atoms. The molecule has 1 saturated heterocycles. The van der Waals surface area contributed by atoms with Crippen molar-refractivity contribution in [2.24, 2.45) is 0 Å². The van der Waals surface area contributed by atoms with Gasteiger partial charge in [0.2, 0.25) is 6.79 Å². The molecule has 9 heteroatoms. The van der Waals surface area contributed by atoms with Crippen molar-refractivity contribution in [1.82, 2.24) is 5.32 Å². The first kappa shape index (κ1) is 21.0. The SMILES string of the molecule is CS(=O)(=O)c1cc(C(=O)NCC2(c3ccc4c(c3)OCO4)CCOCC2)ccc1Cl. The zero-order valence-electron chi connectivity index (χ0n) is 16.4. The van der Waals surface area contributed by atoms with Crippen LogP contribution in [0, 0.1) is 0 Å². The molecule has 2 aromatic carbocycles. The van der Waals surface area contributed by atoms with Crippen LogP contribution in [0.1, 0.15) is 28.8 Å². The van der Waals surface area contributed by atoms with Crippen LogP contribution in [0.25, 0.3) is 0 Å². The molecule has 0 aromatic heterocycles. The lowest BCUT2D eigenvalue weighted by Gasteiger charge is -2.38. The Morgan fingerprint density at radius 3 is 2.57 bits per heavy atom. The van der Waals surface area contributed by atoms with Crippen molar-refractivity contribution >= 4 is 27.3 Å². The van der Waals surface area contributed by atoms with E-state index in [4.69, 9.17) is 25.8 Å². The quantitative estimate of drug-likeness (QED) is 0.751. The monoisotopic (exact) mass is 451 g/mol. The summed E-state index contributed by atoms with van der Waals surface area (Å²) < 4.78 is 40.3. The van der Waals surface area contributed by atoms with Gasteiger partial charge in [-0.05, 0) is 48.7 Å². The Morgan fingerprint density at radius 2 is 1.83 bits per heavy atom. The lowest BCUT2D eigenvalue weighted by atomic mass is 9.74. The van der Waals surface area contributed by atoms with Crippen molar-refractivity contribution in [2.75, 3.05) is 32.8 Å². The van der Waals surface area contributed by atoms with Gasteiger partial charge in [0, 0.05) is 37.0 Å². The zero-order valence-corrected chi connectivity index (χ0v) is 18.0. The summed E-state index contributed by atoms with van der Waals surface area (Å²) in [6.45, 7) is 1.75. The minimum absolute atomic E-state index is 0.0617. The largest absolute Gasteiger partial charge is 0.454 e. The Balaban J connectivity index is 1.57. The minimum Gasteiger partial charge on any atom is -0.454 e. The number of carbonyl (C=O) groups is 1. The highest BCUT2D eigenvalue weighted by atomic mass is 35.5. The molecule has 2 heterocycles. The molecule has 1 fully saturated rings. The van der Waals surface area contributed by atoms with E-state index in [1.807, 2.05) is 18.2 Å². The van der Waals surface area contributed by atoms with Gasteiger partial charge in [-0.3, -0.25) is 4.79 Å². The van der Waals surface area contributed by atoms with E-state index in [0.717, 1.165) is 24.7 Å². The number of ether oxygens (including phenoxy) is 3. The van der Waals surface area contributed by atoms with Gasteiger partial charge in [-0.15, -0.1) is 0 Å². The molecule has 160 valence electrons. The highest BCUT2D eigenvalue weighted by molar-refractivity contribution is 7.90. The van der Waals surface area contributed by atoms with E-state index in [1.165, 1.54) is 18.2 Å². The number of fused-ring (bicyclic) bond motifs is 1. The minimum atomic E-state index is -3.54. The highest BCUT2D eigenvalue weighted by Crippen LogP contribution is 2.40. The number of nitrogens with one attached hydrogen (secondary N) is 1. The van der Waals surface area contributed by atoms with Crippen LogP contribution < -0.4 is 14.8 Å². The molecule has 0 bridgehead atoms. The Bertz CT molecular complexity index is 1080. The molecule has 1 N–H and O–H groups in total. The van der Waals surface area contributed by atoms with Crippen LogP contribution in [0.15, 0.2) is 41.3 Å². The maximum Gasteiger partial charge on any atom is 0.251 e. The van der Waals surface area contributed by atoms with Crippen LogP contribution in [0.4, 0.5) is 0 Å². The highest BCUT2D eigenvalue weighted by Gasteiger charge is 2.36. The van der Waals surface area contributed by atoms with Crippen LogP contribution in [0.2, 0.25) is 5.02 Å². The van der Waals surface area contributed by atoms with Crippen molar-refractivity contribution < 1.29 is 27.4 Å². The summed E-state index contributed by atoms with van der Waals surface area (Å²) in [6.07, 6.45) is 2.54.